The van der Waals surface area contributed by atoms with Gasteiger partial charge in [0.05, 0.1) is 12.2 Å². The lowest BCUT2D eigenvalue weighted by Crippen LogP contribution is -2.36. The highest BCUT2D eigenvalue weighted by Gasteiger charge is 2.36. The third-order valence-corrected chi connectivity index (χ3v) is 3.82. The van der Waals surface area contributed by atoms with E-state index in [1.807, 2.05) is 4.72 Å². The van der Waals surface area contributed by atoms with E-state index in [0.29, 0.717) is 11.3 Å². The minimum atomic E-state index is -3.66. The summed E-state index contributed by atoms with van der Waals surface area (Å²) in [5, 5.41) is 0. The summed E-state index contributed by atoms with van der Waals surface area (Å²) < 4.78 is 37.5. The molecule has 1 fully saturated rings. The number of hydrogen-bond acceptors (Lipinski definition) is 4. The Hall–Kier alpha value is -1.96. The Bertz CT molecular complexity index is 702. The summed E-state index contributed by atoms with van der Waals surface area (Å²) in [6.07, 6.45) is 0.769. The molecule has 114 valence electrons. The van der Waals surface area contributed by atoms with Crippen molar-refractivity contribution in [3.05, 3.63) is 29.6 Å². The smallest absolute Gasteiger partial charge is 0.238 e. The lowest BCUT2D eigenvalue weighted by molar-refractivity contribution is -0.124. The van der Waals surface area contributed by atoms with Crippen LogP contribution < -0.4 is 9.62 Å². The molecule has 1 aliphatic heterocycles. The number of amides is 2. The minimum absolute atomic E-state index is 0.0304. The maximum absolute atomic E-state index is 13.5. The number of hydrogen-bond donors (Lipinski definition) is 1. The molecule has 1 unspecified atom stereocenters. The van der Waals surface area contributed by atoms with Gasteiger partial charge in [0.2, 0.25) is 21.8 Å². The van der Waals surface area contributed by atoms with Crippen molar-refractivity contribution in [2.24, 2.45) is 5.92 Å². The number of anilines is 1. The Kier molecular flexibility index (Phi) is 3.99. The van der Waals surface area contributed by atoms with Crippen molar-refractivity contribution in [2.75, 3.05) is 17.7 Å². The predicted molar refractivity (Wildman–Crippen MR) is 74.6 cm³/mol. The van der Waals surface area contributed by atoms with Crippen molar-refractivity contribution in [2.45, 2.75) is 13.3 Å². The summed E-state index contributed by atoms with van der Waals surface area (Å²) in [6.45, 7) is 1.63. The summed E-state index contributed by atoms with van der Waals surface area (Å²) in [6, 6.07) is 4.36. The minimum Gasteiger partial charge on any atom is -0.311 e. The van der Waals surface area contributed by atoms with Gasteiger partial charge in [-0.25, -0.2) is 12.8 Å². The van der Waals surface area contributed by atoms with Crippen LogP contribution in [0.3, 0.4) is 0 Å². The molecule has 21 heavy (non-hydrogen) atoms. The fraction of sp³-hybridized carbons (Fsp3) is 0.385. The zero-order valence-corrected chi connectivity index (χ0v) is 12.4. The second-order valence-electron chi connectivity index (χ2n) is 5.08. The van der Waals surface area contributed by atoms with Gasteiger partial charge in [0.25, 0.3) is 0 Å². The van der Waals surface area contributed by atoms with E-state index in [9.17, 15) is 22.4 Å². The van der Waals surface area contributed by atoms with E-state index < -0.39 is 27.7 Å². The van der Waals surface area contributed by atoms with Gasteiger partial charge in [-0.2, -0.15) is 0 Å². The standard InChI is InChI=1S/C13H15FN2O4S/c1-8-3-4-10(6-11(8)14)16-7-9(5-12(16)17)13(18)15-21(2,19)20/h3-4,6,9H,5,7H2,1-2H3,(H,15,18). The molecule has 0 saturated carbocycles. The predicted octanol–water partition coefficient (Wildman–Crippen LogP) is 0.563. The molecule has 2 rings (SSSR count). The van der Waals surface area contributed by atoms with Gasteiger partial charge >= 0.3 is 0 Å². The number of nitrogens with one attached hydrogen (secondary N) is 1. The van der Waals surface area contributed by atoms with Crippen molar-refractivity contribution in [1.29, 1.82) is 0 Å². The zero-order valence-electron chi connectivity index (χ0n) is 11.6. The number of halogens is 1. The highest BCUT2D eigenvalue weighted by molar-refractivity contribution is 7.89. The van der Waals surface area contributed by atoms with Gasteiger partial charge in [0.1, 0.15) is 5.82 Å². The van der Waals surface area contributed by atoms with Crippen molar-refractivity contribution in [3.8, 4) is 0 Å². The highest BCUT2D eigenvalue weighted by Crippen LogP contribution is 2.26. The molecule has 1 atom stereocenters. The molecular weight excluding hydrogens is 299 g/mol. The van der Waals surface area contributed by atoms with Crippen molar-refractivity contribution in [3.63, 3.8) is 0 Å². The molecule has 1 N–H and O–H groups in total. The first-order chi connectivity index (χ1) is 9.67. The molecular formula is C13H15FN2O4S. The maximum Gasteiger partial charge on any atom is 0.238 e. The van der Waals surface area contributed by atoms with Crippen molar-refractivity contribution >= 4 is 27.5 Å². The molecule has 0 spiro atoms. The first-order valence-corrected chi connectivity index (χ1v) is 8.14. The molecule has 1 heterocycles. The van der Waals surface area contributed by atoms with E-state index in [1.54, 1.807) is 19.1 Å². The summed E-state index contributed by atoms with van der Waals surface area (Å²) in [5.74, 6) is -2.27. The van der Waals surface area contributed by atoms with Crippen LogP contribution in [0, 0.1) is 18.7 Å². The lowest BCUT2D eigenvalue weighted by atomic mass is 10.1. The molecule has 6 nitrogen and oxygen atoms in total. The van der Waals surface area contributed by atoms with Gasteiger partial charge in [0, 0.05) is 18.7 Å². The Morgan fingerprint density at radius 2 is 2.10 bits per heavy atom. The fourth-order valence-corrected chi connectivity index (χ4v) is 2.68. The summed E-state index contributed by atoms with van der Waals surface area (Å²) >= 11 is 0. The van der Waals surface area contributed by atoms with Crippen LogP contribution >= 0.6 is 0 Å². The van der Waals surface area contributed by atoms with E-state index in [0.717, 1.165) is 6.26 Å². The van der Waals surface area contributed by atoms with Gasteiger partial charge in [-0.15, -0.1) is 0 Å². The van der Waals surface area contributed by atoms with E-state index in [2.05, 4.69) is 0 Å². The third kappa shape index (κ3) is 3.57. The Balaban J connectivity index is 2.16. The van der Waals surface area contributed by atoms with Crippen LogP contribution in [0.25, 0.3) is 0 Å². The van der Waals surface area contributed by atoms with E-state index >= 15 is 0 Å². The molecule has 8 heteroatoms. The SMILES string of the molecule is Cc1ccc(N2CC(C(=O)NS(C)(=O)=O)CC2=O)cc1F. The van der Waals surface area contributed by atoms with Crippen LogP contribution in [0.2, 0.25) is 0 Å². The summed E-state index contributed by atoms with van der Waals surface area (Å²) in [5.41, 5.74) is 0.814. The second-order valence-corrected chi connectivity index (χ2v) is 6.83. The summed E-state index contributed by atoms with van der Waals surface area (Å²) in [4.78, 5) is 25.0. The Morgan fingerprint density at radius 1 is 1.43 bits per heavy atom. The molecule has 1 aromatic carbocycles. The average Bonchev–Trinajstić information content (AvgIpc) is 2.73. The number of rotatable bonds is 3. The van der Waals surface area contributed by atoms with Gasteiger partial charge in [0.15, 0.2) is 0 Å². The van der Waals surface area contributed by atoms with Gasteiger partial charge in [-0.05, 0) is 24.6 Å². The first-order valence-electron chi connectivity index (χ1n) is 6.25. The van der Waals surface area contributed by atoms with Gasteiger partial charge in [-0.3, -0.25) is 14.3 Å². The number of sulfonamides is 1. The van der Waals surface area contributed by atoms with Gasteiger partial charge in [-0.1, -0.05) is 6.07 Å². The Labute approximate surface area is 122 Å². The summed E-state index contributed by atoms with van der Waals surface area (Å²) in [7, 11) is -3.66. The molecule has 1 aliphatic rings. The van der Waals surface area contributed by atoms with Crippen LogP contribution in [0.5, 0.6) is 0 Å². The monoisotopic (exact) mass is 314 g/mol. The van der Waals surface area contributed by atoms with Crippen LogP contribution in [0.4, 0.5) is 10.1 Å². The maximum atomic E-state index is 13.5. The van der Waals surface area contributed by atoms with Gasteiger partial charge < -0.3 is 4.90 Å². The molecule has 0 aromatic heterocycles. The number of nitrogens with zero attached hydrogens (tertiary/aromatic N) is 1. The topological polar surface area (TPSA) is 83.6 Å². The fourth-order valence-electron chi connectivity index (χ4n) is 2.15. The number of carbonyl (C=O) groups is 2. The van der Waals surface area contributed by atoms with E-state index in [-0.39, 0.29) is 18.9 Å². The molecule has 2 amide bonds. The third-order valence-electron chi connectivity index (χ3n) is 3.25. The number of aryl methyl sites for hydroxylation is 1. The molecule has 1 saturated heterocycles. The van der Waals surface area contributed by atoms with E-state index in [1.165, 1.54) is 11.0 Å². The quantitative estimate of drug-likeness (QED) is 0.884. The molecule has 0 bridgehead atoms. The number of benzene rings is 1. The number of carbonyl (C=O) groups excluding carboxylic acids is 2. The zero-order chi connectivity index (χ0) is 15.8. The molecule has 0 radical (unpaired) electrons. The van der Waals surface area contributed by atoms with Crippen molar-refractivity contribution < 1.29 is 22.4 Å². The Morgan fingerprint density at radius 3 is 2.67 bits per heavy atom. The second kappa shape index (κ2) is 5.44. The van der Waals surface area contributed by atoms with Crippen LogP contribution in [0.1, 0.15) is 12.0 Å². The highest BCUT2D eigenvalue weighted by atomic mass is 32.2. The molecule has 1 aromatic rings. The average molecular weight is 314 g/mol. The largest absolute Gasteiger partial charge is 0.311 e. The first kappa shape index (κ1) is 15.4. The van der Waals surface area contributed by atoms with Crippen LogP contribution in [-0.2, 0) is 19.6 Å². The van der Waals surface area contributed by atoms with Crippen molar-refractivity contribution in [1.82, 2.24) is 4.72 Å². The van der Waals surface area contributed by atoms with Crippen LogP contribution in [-0.4, -0.2) is 33.0 Å². The van der Waals surface area contributed by atoms with E-state index in [4.69, 9.17) is 0 Å². The lowest BCUT2D eigenvalue weighted by Gasteiger charge is -2.17. The normalized spacial score (nSPS) is 18.9. The van der Waals surface area contributed by atoms with Crippen LogP contribution in [0.15, 0.2) is 18.2 Å². The molecule has 0 aliphatic carbocycles.